The second-order valence-corrected chi connectivity index (χ2v) is 5.86. The number of anilines is 1. The Morgan fingerprint density at radius 2 is 1.90 bits per heavy atom. The molecule has 0 fully saturated rings. The van der Waals surface area contributed by atoms with Gasteiger partial charge in [0.05, 0.1) is 17.2 Å². The Bertz CT molecular complexity index is 664. The van der Waals surface area contributed by atoms with Gasteiger partial charge in [0.1, 0.15) is 0 Å². The fraction of sp³-hybridized carbons (Fsp3) is 0.133. The van der Waals surface area contributed by atoms with Crippen molar-refractivity contribution in [2.75, 3.05) is 12.4 Å². The smallest absolute Gasteiger partial charge is 0.333 e. The third kappa shape index (κ3) is 3.70. The first-order valence-corrected chi connectivity index (χ1v) is 7.62. The zero-order chi connectivity index (χ0) is 15.4. The molecule has 21 heavy (non-hydrogen) atoms. The first-order valence-electron chi connectivity index (χ1n) is 6.07. The first kappa shape index (κ1) is 16.1. The van der Waals surface area contributed by atoms with Crippen LogP contribution in [0.15, 0.2) is 46.9 Å². The number of ether oxygens (including phenoxy) is 1. The van der Waals surface area contributed by atoms with E-state index in [9.17, 15) is 4.79 Å². The van der Waals surface area contributed by atoms with Gasteiger partial charge in [0, 0.05) is 15.7 Å². The summed E-state index contributed by atoms with van der Waals surface area (Å²) in [6, 6.07) is 11.9. The van der Waals surface area contributed by atoms with Crippen LogP contribution in [0.3, 0.4) is 0 Å². The lowest BCUT2D eigenvalue weighted by atomic mass is 10.1. The van der Waals surface area contributed by atoms with Gasteiger partial charge in [-0.1, -0.05) is 47.5 Å². The van der Waals surface area contributed by atoms with Crippen LogP contribution in [0.4, 0.5) is 5.69 Å². The van der Waals surface area contributed by atoms with Crippen LogP contribution in [0.1, 0.15) is 11.6 Å². The summed E-state index contributed by atoms with van der Waals surface area (Å²) in [5.41, 5.74) is 1.32. The second-order valence-electron chi connectivity index (χ2n) is 4.22. The van der Waals surface area contributed by atoms with E-state index >= 15 is 0 Å². The van der Waals surface area contributed by atoms with Crippen LogP contribution >= 0.6 is 39.1 Å². The van der Waals surface area contributed by atoms with Crippen LogP contribution in [0.5, 0.6) is 0 Å². The predicted octanol–water partition coefficient (Wildman–Crippen LogP) is 5.08. The Morgan fingerprint density at radius 1 is 1.19 bits per heavy atom. The van der Waals surface area contributed by atoms with E-state index in [2.05, 4.69) is 21.2 Å². The van der Waals surface area contributed by atoms with Gasteiger partial charge in [-0.25, -0.2) is 4.79 Å². The molecular weight excluding hydrogens is 377 g/mol. The summed E-state index contributed by atoms with van der Waals surface area (Å²) in [6.45, 7) is 0. The molecule has 0 aromatic heterocycles. The number of carbonyl (C=O) groups excluding carboxylic acids is 1. The van der Waals surface area contributed by atoms with Gasteiger partial charge in [0.15, 0.2) is 6.04 Å². The van der Waals surface area contributed by atoms with Crippen molar-refractivity contribution in [2.24, 2.45) is 0 Å². The summed E-state index contributed by atoms with van der Waals surface area (Å²) in [6.07, 6.45) is 0. The minimum Gasteiger partial charge on any atom is -0.467 e. The molecule has 0 aliphatic rings. The lowest BCUT2D eigenvalue weighted by Gasteiger charge is -2.20. The highest BCUT2D eigenvalue weighted by atomic mass is 79.9. The van der Waals surface area contributed by atoms with Gasteiger partial charge in [-0.15, -0.1) is 0 Å². The van der Waals surface area contributed by atoms with E-state index in [1.807, 2.05) is 24.3 Å². The van der Waals surface area contributed by atoms with Crippen LogP contribution in [-0.4, -0.2) is 13.1 Å². The molecule has 1 N–H and O–H groups in total. The predicted molar refractivity (Wildman–Crippen MR) is 89.0 cm³/mol. The highest BCUT2D eigenvalue weighted by molar-refractivity contribution is 9.10. The van der Waals surface area contributed by atoms with E-state index in [-0.39, 0.29) is 0 Å². The fourth-order valence-electron chi connectivity index (χ4n) is 1.86. The molecule has 1 atom stereocenters. The molecule has 0 spiro atoms. The third-order valence-electron chi connectivity index (χ3n) is 2.90. The Hall–Kier alpha value is -1.23. The van der Waals surface area contributed by atoms with Gasteiger partial charge in [-0.05, 0) is 34.1 Å². The van der Waals surface area contributed by atoms with Gasteiger partial charge in [0.2, 0.25) is 0 Å². The molecule has 2 rings (SSSR count). The zero-order valence-corrected chi connectivity index (χ0v) is 14.2. The van der Waals surface area contributed by atoms with Crippen LogP contribution in [-0.2, 0) is 9.53 Å². The van der Waals surface area contributed by atoms with E-state index in [0.717, 1.165) is 10.2 Å². The standard InChI is InChI=1S/C15H12BrCl2NO2/c1-21-15(20)14(9-5-4-7-11(17)13(9)18)19-12-8-3-2-6-10(12)16/h2-8,14,19H,1H3. The maximum atomic E-state index is 12.1. The number of benzene rings is 2. The molecule has 2 aromatic rings. The van der Waals surface area contributed by atoms with E-state index in [1.54, 1.807) is 18.2 Å². The summed E-state index contributed by atoms with van der Waals surface area (Å²) in [5.74, 6) is -0.449. The second kappa shape index (κ2) is 7.16. The Morgan fingerprint density at radius 3 is 2.57 bits per heavy atom. The summed E-state index contributed by atoms with van der Waals surface area (Å²) >= 11 is 15.7. The number of rotatable bonds is 4. The van der Waals surface area contributed by atoms with E-state index in [1.165, 1.54) is 7.11 Å². The van der Waals surface area contributed by atoms with Crippen LogP contribution in [0.2, 0.25) is 10.0 Å². The number of hydrogen-bond donors (Lipinski definition) is 1. The van der Waals surface area contributed by atoms with Crippen molar-refractivity contribution in [1.82, 2.24) is 0 Å². The quantitative estimate of drug-likeness (QED) is 0.742. The maximum Gasteiger partial charge on any atom is 0.333 e. The van der Waals surface area contributed by atoms with Crippen molar-refractivity contribution in [3.63, 3.8) is 0 Å². The number of halogens is 3. The third-order valence-corrected chi connectivity index (χ3v) is 4.43. The Kier molecular flexibility index (Phi) is 5.51. The molecule has 0 amide bonds. The van der Waals surface area contributed by atoms with Crippen LogP contribution in [0, 0.1) is 0 Å². The number of hydrogen-bond acceptors (Lipinski definition) is 3. The minimum atomic E-state index is -0.750. The topological polar surface area (TPSA) is 38.3 Å². The average molecular weight is 389 g/mol. The van der Waals surface area contributed by atoms with Gasteiger partial charge in [-0.2, -0.15) is 0 Å². The molecule has 1 unspecified atom stereocenters. The molecule has 0 saturated carbocycles. The molecule has 0 aliphatic heterocycles. The fourth-order valence-corrected chi connectivity index (χ4v) is 2.67. The van der Waals surface area contributed by atoms with Crippen molar-refractivity contribution >= 4 is 50.8 Å². The highest BCUT2D eigenvalue weighted by Crippen LogP contribution is 2.33. The van der Waals surface area contributed by atoms with Gasteiger partial charge >= 0.3 is 5.97 Å². The molecule has 0 saturated heterocycles. The zero-order valence-electron chi connectivity index (χ0n) is 11.1. The van der Waals surface area contributed by atoms with Crippen molar-refractivity contribution in [3.8, 4) is 0 Å². The Balaban J connectivity index is 2.42. The number of para-hydroxylation sites is 1. The largest absolute Gasteiger partial charge is 0.467 e. The molecule has 110 valence electrons. The van der Waals surface area contributed by atoms with Crippen LogP contribution < -0.4 is 5.32 Å². The summed E-state index contributed by atoms with van der Waals surface area (Å²) in [5, 5.41) is 3.83. The van der Waals surface area contributed by atoms with E-state index < -0.39 is 12.0 Å². The Labute approximate surface area is 141 Å². The molecule has 0 bridgehead atoms. The SMILES string of the molecule is COC(=O)C(Nc1ccccc1Br)c1cccc(Cl)c1Cl. The average Bonchev–Trinajstić information content (AvgIpc) is 2.49. The molecule has 6 heteroatoms. The van der Waals surface area contributed by atoms with Crippen molar-refractivity contribution in [2.45, 2.75) is 6.04 Å². The number of methoxy groups -OCH3 is 1. The highest BCUT2D eigenvalue weighted by Gasteiger charge is 2.25. The number of carbonyl (C=O) groups is 1. The normalized spacial score (nSPS) is 11.8. The van der Waals surface area contributed by atoms with E-state index in [4.69, 9.17) is 27.9 Å². The molecule has 2 aromatic carbocycles. The number of nitrogens with one attached hydrogen (secondary N) is 1. The minimum absolute atomic E-state index is 0.328. The van der Waals surface area contributed by atoms with E-state index in [0.29, 0.717) is 15.6 Å². The molecular formula is C15H12BrCl2NO2. The maximum absolute atomic E-state index is 12.1. The lowest BCUT2D eigenvalue weighted by Crippen LogP contribution is -2.23. The summed E-state index contributed by atoms with van der Waals surface area (Å²) < 4.78 is 5.69. The summed E-state index contributed by atoms with van der Waals surface area (Å²) in [7, 11) is 1.33. The van der Waals surface area contributed by atoms with Crippen LogP contribution in [0.25, 0.3) is 0 Å². The van der Waals surface area contributed by atoms with Crippen molar-refractivity contribution in [3.05, 3.63) is 62.5 Å². The lowest BCUT2D eigenvalue weighted by molar-refractivity contribution is -0.141. The van der Waals surface area contributed by atoms with Gasteiger partial charge < -0.3 is 10.1 Å². The number of esters is 1. The monoisotopic (exact) mass is 387 g/mol. The summed E-state index contributed by atoms with van der Waals surface area (Å²) in [4.78, 5) is 12.1. The van der Waals surface area contributed by atoms with Gasteiger partial charge in [0.25, 0.3) is 0 Å². The molecule has 0 radical (unpaired) electrons. The van der Waals surface area contributed by atoms with Crippen molar-refractivity contribution < 1.29 is 9.53 Å². The molecule has 3 nitrogen and oxygen atoms in total. The van der Waals surface area contributed by atoms with Gasteiger partial charge in [-0.3, -0.25) is 0 Å². The molecule has 0 aliphatic carbocycles. The molecule has 0 heterocycles. The van der Waals surface area contributed by atoms with Crippen molar-refractivity contribution in [1.29, 1.82) is 0 Å². The first-order chi connectivity index (χ1) is 10.0.